The van der Waals surface area contributed by atoms with Crippen LogP contribution in [-0.4, -0.2) is 42.5 Å². The van der Waals surface area contributed by atoms with E-state index in [2.05, 4.69) is 11.9 Å². The van der Waals surface area contributed by atoms with Gasteiger partial charge in [0.15, 0.2) is 14.9 Å². The summed E-state index contributed by atoms with van der Waals surface area (Å²) in [5, 5.41) is 5.71. The maximum Gasteiger partial charge on any atom is 0.169 e. The van der Waals surface area contributed by atoms with E-state index in [-0.39, 0.29) is 17.5 Å². The maximum absolute atomic E-state index is 11.7. The molecule has 1 saturated heterocycles. The Kier molecular flexibility index (Phi) is 5.17. The maximum atomic E-state index is 11.7. The van der Waals surface area contributed by atoms with Crippen molar-refractivity contribution in [3.63, 3.8) is 0 Å². The van der Waals surface area contributed by atoms with Crippen LogP contribution in [0.4, 0.5) is 0 Å². The van der Waals surface area contributed by atoms with Crippen LogP contribution in [0.3, 0.4) is 0 Å². The van der Waals surface area contributed by atoms with E-state index in [1.54, 1.807) is 17.4 Å². The fourth-order valence-corrected chi connectivity index (χ4v) is 4.95. The van der Waals surface area contributed by atoms with Crippen molar-refractivity contribution in [2.24, 2.45) is 0 Å². The molecule has 1 aromatic rings. The van der Waals surface area contributed by atoms with Crippen LogP contribution in [0, 0.1) is 0 Å². The summed E-state index contributed by atoms with van der Waals surface area (Å²) in [6.07, 6.45) is 2.38. The number of thiophene rings is 1. The summed E-state index contributed by atoms with van der Waals surface area (Å²) in [6.45, 7) is 4.89. The third-order valence-electron chi connectivity index (χ3n) is 3.21. The average molecular weight is 331 g/mol. The van der Waals surface area contributed by atoms with E-state index in [4.69, 9.17) is 12.2 Å². The second kappa shape index (κ2) is 6.69. The first-order valence-electron chi connectivity index (χ1n) is 6.40. The molecule has 2 rings (SSSR count). The normalized spacial score (nSPS) is 20.5. The van der Waals surface area contributed by atoms with Crippen molar-refractivity contribution in [2.45, 2.75) is 19.0 Å². The molecule has 4 nitrogen and oxygen atoms in total. The summed E-state index contributed by atoms with van der Waals surface area (Å²) in [6, 6.07) is 3.99. The molecule has 0 unspecified atom stereocenters. The van der Waals surface area contributed by atoms with Crippen LogP contribution < -0.4 is 5.32 Å². The number of sulfone groups is 1. The molecular formula is C13H18N2O2S3. The van der Waals surface area contributed by atoms with Gasteiger partial charge in [-0.1, -0.05) is 12.1 Å². The van der Waals surface area contributed by atoms with Crippen molar-refractivity contribution in [1.82, 2.24) is 10.2 Å². The number of nitrogens with one attached hydrogen (secondary N) is 1. The van der Waals surface area contributed by atoms with Crippen molar-refractivity contribution in [3.05, 3.63) is 35.0 Å². The van der Waals surface area contributed by atoms with Gasteiger partial charge in [0.25, 0.3) is 0 Å². The number of nitrogens with zero attached hydrogens (tertiary/aromatic N) is 1. The van der Waals surface area contributed by atoms with Crippen LogP contribution in [-0.2, 0) is 16.4 Å². The molecule has 2 heterocycles. The summed E-state index contributed by atoms with van der Waals surface area (Å²) in [5.41, 5.74) is 0. The van der Waals surface area contributed by atoms with Gasteiger partial charge in [0, 0.05) is 17.5 Å². The molecule has 1 atom stereocenters. The molecule has 1 aliphatic rings. The van der Waals surface area contributed by atoms with Gasteiger partial charge in [0.1, 0.15) is 0 Å². The second-order valence-corrected chi connectivity index (χ2v) is 8.39. The van der Waals surface area contributed by atoms with Crippen LogP contribution in [0.2, 0.25) is 0 Å². The van der Waals surface area contributed by atoms with Crippen LogP contribution in [0.15, 0.2) is 30.2 Å². The summed E-state index contributed by atoms with van der Waals surface area (Å²) in [4.78, 5) is 3.17. The Morgan fingerprint density at radius 2 is 2.45 bits per heavy atom. The molecule has 1 fully saturated rings. The minimum absolute atomic E-state index is 0.0353. The summed E-state index contributed by atoms with van der Waals surface area (Å²) in [5.74, 6) is 0.441. The predicted octanol–water partition coefficient (Wildman–Crippen LogP) is 1.80. The highest BCUT2D eigenvalue weighted by molar-refractivity contribution is 7.91. The highest BCUT2D eigenvalue weighted by atomic mass is 32.2. The Morgan fingerprint density at radius 1 is 1.65 bits per heavy atom. The van der Waals surface area contributed by atoms with Gasteiger partial charge in [-0.3, -0.25) is 0 Å². The summed E-state index contributed by atoms with van der Waals surface area (Å²) in [7, 11) is -2.92. The largest absolute Gasteiger partial charge is 0.359 e. The monoisotopic (exact) mass is 330 g/mol. The van der Waals surface area contributed by atoms with E-state index in [0.717, 1.165) is 0 Å². The smallest absolute Gasteiger partial charge is 0.169 e. The third-order valence-corrected chi connectivity index (χ3v) is 6.20. The average Bonchev–Trinajstić information content (AvgIpc) is 3.02. The summed E-state index contributed by atoms with van der Waals surface area (Å²) >= 11 is 7.05. The first kappa shape index (κ1) is 15.5. The van der Waals surface area contributed by atoms with Gasteiger partial charge in [0.05, 0.1) is 18.1 Å². The van der Waals surface area contributed by atoms with Crippen molar-refractivity contribution < 1.29 is 8.42 Å². The van der Waals surface area contributed by atoms with Gasteiger partial charge in [-0.2, -0.15) is 0 Å². The second-order valence-electron chi connectivity index (χ2n) is 4.74. The van der Waals surface area contributed by atoms with Gasteiger partial charge >= 0.3 is 0 Å². The minimum Gasteiger partial charge on any atom is -0.359 e. The van der Waals surface area contributed by atoms with E-state index in [9.17, 15) is 8.42 Å². The van der Waals surface area contributed by atoms with E-state index < -0.39 is 9.84 Å². The van der Waals surface area contributed by atoms with E-state index >= 15 is 0 Å². The van der Waals surface area contributed by atoms with E-state index in [1.165, 1.54) is 4.88 Å². The molecule has 0 aromatic carbocycles. The standard InChI is InChI=1S/C13H18N2O2S3/c1-2-6-14-13(18)15(9-12-4-3-7-19-12)11-5-8-20(16,17)10-11/h2-4,7,11H,1,5-6,8-10H2,(H,14,18)/t11-/m1/s1. The van der Waals surface area contributed by atoms with E-state index in [1.807, 2.05) is 22.4 Å². The Bertz CT molecular complexity index is 566. The molecule has 1 N–H and O–H groups in total. The van der Waals surface area contributed by atoms with Gasteiger partial charge in [-0.05, 0) is 30.1 Å². The van der Waals surface area contributed by atoms with Gasteiger partial charge in [0.2, 0.25) is 0 Å². The zero-order valence-corrected chi connectivity index (χ0v) is 13.6. The molecule has 0 bridgehead atoms. The molecule has 0 amide bonds. The quantitative estimate of drug-likeness (QED) is 0.659. The molecule has 0 aliphatic carbocycles. The Morgan fingerprint density at radius 3 is 3.00 bits per heavy atom. The highest BCUT2D eigenvalue weighted by Crippen LogP contribution is 2.21. The van der Waals surface area contributed by atoms with Gasteiger partial charge in [-0.25, -0.2) is 8.42 Å². The lowest BCUT2D eigenvalue weighted by molar-refractivity contribution is 0.326. The van der Waals surface area contributed by atoms with Crippen molar-refractivity contribution >= 4 is 38.5 Å². The molecule has 0 radical (unpaired) electrons. The first-order valence-corrected chi connectivity index (χ1v) is 9.51. The Balaban J connectivity index is 2.11. The lowest BCUT2D eigenvalue weighted by atomic mass is 10.2. The fourth-order valence-electron chi connectivity index (χ4n) is 2.22. The van der Waals surface area contributed by atoms with Crippen LogP contribution in [0.5, 0.6) is 0 Å². The van der Waals surface area contributed by atoms with Gasteiger partial charge in [-0.15, -0.1) is 17.9 Å². The zero-order chi connectivity index (χ0) is 14.6. The lowest BCUT2D eigenvalue weighted by Crippen LogP contribution is -2.46. The first-order chi connectivity index (χ1) is 9.52. The molecule has 7 heteroatoms. The Hall–Kier alpha value is -0.920. The highest BCUT2D eigenvalue weighted by Gasteiger charge is 2.33. The molecule has 0 saturated carbocycles. The summed E-state index contributed by atoms with van der Waals surface area (Å²) < 4.78 is 23.4. The zero-order valence-electron chi connectivity index (χ0n) is 11.1. The molecule has 1 aromatic heterocycles. The van der Waals surface area contributed by atoms with Crippen molar-refractivity contribution in [1.29, 1.82) is 0 Å². The topological polar surface area (TPSA) is 49.4 Å². The molecule has 0 spiro atoms. The third kappa shape index (κ3) is 4.04. The number of hydrogen-bond acceptors (Lipinski definition) is 4. The molecule has 1 aliphatic heterocycles. The van der Waals surface area contributed by atoms with Gasteiger partial charge < -0.3 is 10.2 Å². The van der Waals surface area contributed by atoms with Crippen LogP contribution in [0.25, 0.3) is 0 Å². The van der Waals surface area contributed by atoms with E-state index in [0.29, 0.717) is 24.6 Å². The lowest BCUT2D eigenvalue weighted by Gasteiger charge is -2.30. The number of thiocarbonyl (C=S) groups is 1. The Labute approximate surface area is 129 Å². The minimum atomic E-state index is -2.92. The van der Waals surface area contributed by atoms with Crippen molar-refractivity contribution in [3.8, 4) is 0 Å². The van der Waals surface area contributed by atoms with Crippen LogP contribution >= 0.6 is 23.6 Å². The van der Waals surface area contributed by atoms with Crippen molar-refractivity contribution in [2.75, 3.05) is 18.1 Å². The molecular weight excluding hydrogens is 312 g/mol. The number of rotatable bonds is 5. The predicted molar refractivity (Wildman–Crippen MR) is 87.7 cm³/mol. The number of hydrogen-bond donors (Lipinski definition) is 1. The fraction of sp³-hybridized carbons (Fsp3) is 0.462. The SMILES string of the molecule is C=CCNC(=S)N(Cc1cccs1)[C@@H]1CCS(=O)(=O)C1. The molecule has 110 valence electrons. The van der Waals surface area contributed by atoms with Crippen LogP contribution in [0.1, 0.15) is 11.3 Å². The molecule has 20 heavy (non-hydrogen) atoms.